The van der Waals surface area contributed by atoms with Crippen LogP contribution in [0, 0.1) is 17.3 Å². The summed E-state index contributed by atoms with van der Waals surface area (Å²) in [6.45, 7) is 10.6. The number of rotatable bonds is 3. The van der Waals surface area contributed by atoms with E-state index in [0.717, 1.165) is 18.4 Å². The summed E-state index contributed by atoms with van der Waals surface area (Å²) in [6, 6.07) is 0. The topological polar surface area (TPSA) is 17.1 Å². The lowest BCUT2D eigenvalue weighted by Crippen LogP contribution is -2.53. The zero-order valence-corrected chi connectivity index (χ0v) is 10.7. The number of carbonyl (C=O) groups is 1. The zero-order chi connectivity index (χ0) is 11.9. The Bertz CT molecular complexity index is 360. The molecule has 3 atom stereocenters. The Balaban J connectivity index is 2.02. The fourth-order valence-corrected chi connectivity index (χ4v) is 3.40. The Morgan fingerprint density at radius 2 is 2.25 bits per heavy atom. The van der Waals surface area contributed by atoms with Gasteiger partial charge in [-0.25, -0.2) is 0 Å². The van der Waals surface area contributed by atoms with Crippen molar-refractivity contribution < 1.29 is 4.79 Å². The fourth-order valence-electron chi connectivity index (χ4n) is 3.40. The summed E-state index contributed by atoms with van der Waals surface area (Å²) in [4.78, 5) is 11.6. The quantitative estimate of drug-likeness (QED) is 0.518. The SMILES string of the molecule is C=C1C(=O)C[C@H]2C[C@@H]1[C@]2(C)CCC=C(C)C. The van der Waals surface area contributed by atoms with Crippen LogP contribution in [0.3, 0.4) is 0 Å². The molecule has 0 unspecified atom stereocenters. The molecule has 0 aromatic carbocycles. The third-order valence-electron chi connectivity index (χ3n) is 4.70. The smallest absolute Gasteiger partial charge is 0.158 e. The fraction of sp³-hybridized carbons (Fsp3) is 0.667. The summed E-state index contributed by atoms with van der Waals surface area (Å²) in [5.41, 5.74) is 2.65. The van der Waals surface area contributed by atoms with Gasteiger partial charge in [0.15, 0.2) is 5.78 Å². The second-order valence-corrected chi connectivity index (χ2v) is 5.96. The Morgan fingerprint density at radius 3 is 2.81 bits per heavy atom. The lowest BCUT2D eigenvalue weighted by molar-refractivity contribution is -0.132. The van der Waals surface area contributed by atoms with Crippen molar-refractivity contribution >= 4 is 5.78 Å². The molecule has 0 aromatic heterocycles. The molecule has 3 fully saturated rings. The van der Waals surface area contributed by atoms with Crippen LogP contribution in [0.5, 0.6) is 0 Å². The Morgan fingerprint density at radius 1 is 1.56 bits per heavy atom. The molecule has 0 spiro atoms. The van der Waals surface area contributed by atoms with E-state index in [4.69, 9.17) is 0 Å². The van der Waals surface area contributed by atoms with Crippen molar-refractivity contribution in [1.29, 1.82) is 0 Å². The van der Waals surface area contributed by atoms with Crippen LogP contribution in [0.15, 0.2) is 23.8 Å². The third-order valence-corrected chi connectivity index (χ3v) is 4.70. The van der Waals surface area contributed by atoms with E-state index in [-0.39, 0.29) is 0 Å². The van der Waals surface area contributed by atoms with Crippen LogP contribution in [0.2, 0.25) is 0 Å². The normalized spacial score (nSPS) is 36.9. The monoisotopic (exact) mass is 218 g/mol. The maximum Gasteiger partial charge on any atom is 0.158 e. The highest BCUT2D eigenvalue weighted by Crippen LogP contribution is 2.62. The van der Waals surface area contributed by atoms with Crippen LogP contribution in [-0.2, 0) is 4.79 Å². The predicted molar refractivity (Wildman–Crippen MR) is 67.1 cm³/mol. The van der Waals surface area contributed by atoms with Crippen molar-refractivity contribution in [2.75, 3.05) is 0 Å². The molecule has 3 saturated carbocycles. The van der Waals surface area contributed by atoms with E-state index in [1.165, 1.54) is 18.4 Å². The molecular formula is C15H22O. The number of carbonyl (C=O) groups excluding carboxylic acids is 1. The minimum atomic E-state index is 0.320. The van der Waals surface area contributed by atoms with Gasteiger partial charge in [0.2, 0.25) is 0 Å². The van der Waals surface area contributed by atoms with Gasteiger partial charge in [-0.05, 0) is 55.9 Å². The number of hydrogen-bond donors (Lipinski definition) is 0. The molecular weight excluding hydrogens is 196 g/mol. The maximum absolute atomic E-state index is 11.6. The average molecular weight is 218 g/mol. The summed E-state index contributed by atoms with van der Waals surface area (Å²) >= 11 is 0. The van der Waals surface area contributed by atoms with E-state index in [2.05, 4.69) is 33.4 Å². The number of ketones is 1. The average Bonchev–Trinajstić information content (AvgIpc) is 2.20. The summed E-state index contributed by atoms with van der Waals surface area (Å²) in [5.74, 6) is 1.42. The lowest BCUT2D eigenvalue weighted by Gasteiger charge is -2.58. The van der Waals surface area contributed by atoms with E-state index in [1.807, 2.05) is 0 Å². The number of fused-ring (bicyclic) bond motifs is 2. The minimum Gasteiger partial charge on any atom is -0.295 e. The highest BCUT2D eigenvalue weighted by molar-refractivity contribution is 5.97. The molecule has 0 saturated heterocycles. The first-order chi connectivity index (χ1) is 7.45. The molecule has 16 heavy (non-hydrogen) atoms. The summed E-state index contributed by atoms with van der Waals surface area (Å²) in [7, 11) is 0. The van der Waals surface area contributed by atoms with Crippen molar-refractivity contribution in [3.8, 4) is 0 Å². The second-order valence-electron chi connectivity index (χ2n) is 5.96. The number of allylic oxidation sites excluding steroid dienone is 3. The van der Waals surface area contributed by atoms with Crippen LogP contribution >= 0.6 is 0 Å². The van der Waals surface area contributed by atoms with Gasteiger partial charge >= 0.3 is 0 Å². The molecule has 0 aromatic rings. The lowest BCUT2D eigenvalue weighted by atomic mass is 9.45. The molecule has 88 valence electrons. The van der Waals surface area contributed by atoms with Crippen LogP contribution in [0.25, 0.3) is 0 Å². The first-order valence-corrected chi connectivity index (χ1v) is 6.30. The largest absolute Gasteiger partial charge is 0.295 e. The van der Waals surface area contributed by atoms with E-state index in [9.17, 15) is 4.79 Å². The molecule has 3 rings (SSSR count). The first-order valence-electron chi connectivity index (χ1n) is 6.30. The summed E-state index contributed by atoms with van der Waals surface area (Å²) < 4.78 is 0. The van der Waals surface area contributed by atoms with Gasteiger partial charge in [-0.3, -0.25) is 4.79 Å². The van der Waals surface area contributed by atoms with E-state index in [1.54, 1.807) is 0 Å². The Kier molecular flexibility index (Phi) is 2.81. The maximum atomic E-state index is 11.6. The van der Waals surface area contributed by atoms with Crippen molar-refractivity contribution in [3.05, 3.63) is 23.8 Å². The second kappa shape index (κ2) is 3.87. The van der Waals surface area contributed by atoms with Crippen LogP contribution < -0.4 is 0 Å². The van der Waals surface area contributed by atoms with Crippen LogP contribution in [0.1, 0.15) is 46.5 Å². The Labute approximate surface area is 98.6 Å². The standard InChI is InChI=1S/C15H22O/c1-10(2)6-5-7-15(4)12-8-13(15)11(3)14(16)9-12/h6,12-13H,3,5,7-9H2,1-2,4H3/t12-,13+,15-/m1/s1. The van der Waals surface area contributed by atoms with E-state index >= 15 is 0 Å². The molecule has 2 bridgehead atoms. The van der Waals surface area contributed by atoms with E-state index < -0.39 is 0 Å². The van der Waals surface area contributed by atoms with Crippen molar-refractivity contribution in [3.63, 3.8) is 0 Å². The molecule has 0 aliphatic heterocycles. The van der Waals surface area contributed by atoms with Crippen LogP contribution in [0.4, 0.5) is 0 Å². The molecule has 0 amide bonds. The molecule has 3 aliphatic carbocycles. The Hall–Kier alpha value is -0.850. The third kappa shape index (κ3) is 1.66. The van der Waals surface area contributed by atoms with Crippen molar-refractivity contribution in [2.24, 2.45) is 17.3 Å². The van der Waals surface area contributed by atoms with Crippen LogP contribution in [-0.4, -0.2) is 5.78 Å². The van der Waals surface area contributed by atoms with Gasteiger partial charge in [-0.15, -0.1) is 0 Å². The van der Waals surface area contributed by atoms with Crippen molar-refractivity contribution in [1.82, 2.24) is 0 Å². The van der Waals surface area contributed by atoms with Gasteiger partial charge < -0.3 is 0 Å². The van der Waals surface area contributed by atoms with E-state index in [0.29, 0.717) is 23.0 Å². The van der Waals surface area contributed by atoms with Gasteiger partial charge in [-0.2, -0.15) is 0 Å². The summed E-state index contributed by atoms with van der Waals surface area (Å²) in [6.07, 6.45) is 6.62. The molecule has 0 radical (unpaired) electrons. The molecule has 3 aliphatic rings. The molecule has 0 N–H and O–H groups in total. The zero-order valence-electron chi connectivity index (χ0n) is 10.7. The van der Waals surface area contributed by atoms with Crippen molar-refractivity contribution in [2.45, 2.75) is 46.5 Å². The highest BCUT2D eigenvalue weighted by atomic mass is 16.1. The van der Waals surface area contributed by atoms with Gasteiger partial charge in [0.1, 0.15) is 0 Å². The van der Waals surface area contributed by atoms with Gasteiger partial charge in [0.25, 0.3) is 0 Å². The molecule has 1 nitrogen and oxygen atoms in total. The molecule has 0 heterocycles. The van der Waals surface area contributed by atoms with Gasteiger partial charge in [0.05, 0.1) is 0 Å². The number of Topliss-reactive ketones (excluding diaryl/α,β-unsaturated/α-hetero) is 1. The minimum absolute atomic E-state index is 0.320. The summed E-state index contributed by atoms with van der Waals surface area (Å²) in [5, 5.41) is 0. The highest BCUT2D eigenvalue weighted by Gasteiger charge is 2.56. The molecule has 1 heteroatoms. The number of hydrogen-bond acceptors (Lipinski definition) is 1. The predicted octanol–water partition coefficient (Wildman–Crippen LogP) is 3.90. The van der Waals surface area contributed by atoms with Gasteiger partial charge in [-0.1, -0.05) is 25.2 Å². The van der Waals surface area contributed by atoms with Gasteiger partial charge in [0, 0.05) is 6.42 Å². The first kappa shape index (κ1) is 11.6.